The van der Waals surface area contributed by atoms with E-state index >= 15 is 0 Å². The zero-order chi connectivity index (χ0) is 36.1. The molecule has 2 saturated heterocycles. The number of Topliss-reactive ketones (excluding diaryl/α,β-unsaturated/α-hetero) is 2. The molecule has 6 rings (SSSR count). The second-order valence-electron chi connectivity index (χ2n) is 14.1. The number of hydrogen-bond donors (Lipinski definition) is 2. The summed E-state index contributed by atoms with van der Waals surface area (Å²) < 4.78 is 20.9. The Morgan fingerprint density at radius 1 is 0.440 bits per heavy atom. The molecule has 2 aliphatic rings. The predicted molar refractivity (Wildman–Crippen MR) is 196 cm³/mol. The van der Waals surface area contributed by atoms with Crippen molar-refractivity contribution >= 4 is 11.6 Å². The predicted octanol–water partition coefficient (Wildman–Crippen LogP) is 8.15. The molecule has 4 aromatic rings. The summed E-state index contributed by atoms with van der Waals surface area (Å²) in [5.74, 6) is 3.81. The van der Waals surface area contributed by atoms with E-state index in [1.807, 2.05) is 125 Å². The highest BCUT2D eigenvalue weighted by Crippen LogP contribution is 2.44. The first-order valence-electron chi connectivity index (χ1n) is 17.1. The van der Waals surface area contributed by atoms with Gasteiger partial charge in [0, 0.05) is 47.8 Å². The fourth-order valence-electron chi connectivity index (χ4n) is 6.87. The highest BCUT2D eigenvalue weighted by molar-refractivity contribution is 5.87. The lowest BCUT2D eigenvalue weighted by Gasteiger charge is -2.42. The summed E-state index contributed by atoms with van der Waals surface area (Å²) in [6.07, 6.45) is 0.984. The Hall–Kier alpha value is -4.66. The normalized spacial score (nSPS) is 22.5. The van der Waals surface area contributed by atoms with Gasteiger partial charge in [-0.2, -0.15) is 0 Å². The van der Waals surface area contributed by atoms with Gasteiger partial charge in [-0.25, -0.2) is 0 Å². The van der Waals surface area contributed by atoms with Crippen LogP contribution in [0.15, 0.2) is 97.1 Å². The minimum atomic E-state index is -0.461. The van der Waals surface area contributed by atoms with Crippen molar-refractivity contribution in [3.8, 4) is 23.0 Å². The maximum Gasteiger partial charge on any atom is 0.142 e. The molecule has 0 unspecified atom stereocenters. The zero-order valence-corrected chi connectivity index (χ0v) is 30.4. The van der Waals surface area contributed by atoms with Crippen LogP contribution < -0.4 is 29.6 Å². The molecule has 0 amide bonds. The third-order valence-corrected chi connectivity index (χ3v) is 10.3. The number of rotatable bonds is 8. The minimum absolute atomic E-state index is 0.00136. The molecule has 50 heavy (non-hydrogen) atoms. The summed E-state index contributed by atoms with van der Waals surface area (Å²) in [7, 11) is 6.61. The Morgan fingerprint density at radius 3 is 0.920 bits per heavy atom. The smallest absolute Gasteiger partial charge is 0.142 e. The number of benzene rings is 4. The topological polar surface area (TPSA) is 95.1 Å². The van der Waals surface area contributed by atoms with Crippen molar-refractivity contribution in [3.05, 3.63) is 119 Å². The molecule has 0 spiro atoms. The molecule has 2 N–H and O–H groups in total. The highest BCUT2D eigenvalue weighted by Gasteiger charge is 2.45. The molecule has 0 bridgehead atoms. The van der Waals surface area contributed by atoms with E-state index in [2.05, 4.69) is 10.6 Å². The van der Waals surface area contributed by atoms with E-state index in [1.165, 1.54) is 0 Å². The average Bonchev–Trinajstić information content (AvgIpc) is 3.14. The van der Waals surface area contributed by atoms with Gasteiger partial charge in [0.25, 0.3) is 0 Å². The van der Waals surface area contributed by atoms with Crippen LogP contribution in [-0.4, -0.2) is 40.0 Å². The standard InChI is InChI=1S/2C21H25NO3/c2*1-21(2)19(23)13-18(14-5-9-16(24-3)10-6-14)22-20(21)15-7-11-17(25-4)12-8-15/h2*5-12,18,20,22H,13H2,1-4H3/t2*18-,20-/m11/s1. The molecule has 0 aromatic heterocycles. The lowest BCUT2D eigenvalue weighted by Crippen LogP contribution is -2.47. The van der Waals surface area contributed by atoms with Gasteiger partial charge in [0.2, 0.25) is 0 Å². The first-order valence-corrected chi connectivity index (χ1v) is 17.1. The van der Waals surface area contributed by atoms with E-state index in [4.69, 9.17) is 18.9 Å². The van der Waals surface area contributed by atoms with Crippen LogP contribution in [0, 0.1) is 10.8 Å². The van der Waals surface area contributed by atoms with Crippen LogP contribution >= 0.6 is 0 Å². The van der Waals surface area contributed by atoms with E-state index in [-0.39, 0.29) is 35.7 Å². The molecule has 0 radical (unpaired) electrons. The fraction of sp³-hybridized carbons (Fsp3) is 0.381. The molecule has 2 fully saturated rings. The maximum absolute atomic E-state index is 12.8. The summed E-state index contributed by atoms with van der Waals surface area (Å²) in [4.78, 5) is 25.7. The maximum atomic E-state index is 12.8. The summed E-state index contributed by atoms with van der Waals surface area (Å²) in [5, 5.41) is 7.36. The minimum Gasteiger partial charge on any atom is -0.497 e. The summed E-state index contributed by atoms with van der Waals surface area (Å²) in [6, 6.07) is 31.6. The molecule has 0 saturated carbocycles. The number of nitrogens with one attached hydrogen (secondary N) is 2. The molecule has 264 valence electrons. The molecular formula is C42H50N2O6. The molecule has 8 nitrogen and oxygen atoms in total. The summed E-state index contributed by atoms with van der Waals surface area (Å²) in [5.41, 5.74) is 3.47. The van der Waals surface area contributed by atoms with Gasteiger partial charge in [-0.3, -0.25) is 9.59 Å². The molecular weight excluding hydrogens is 628 g/mol. The fourth-order valence-corrected chi connectivity index (χ4v) is 6.87. The largest absolute Gasteiger partial charge is 0.497 e. The van der Waals surface area contributed by atoms with E-state index in [9.17, 15) is 9.59 Å². The van der Waals surface area contributed by atoms with E-state index < -0.39 is 10.8 Å². The van der Waals surface area contributed by atoms with Crippen molar-refractivity contribution in [1.82, 2.24) is 10.6 Å². The van der Waals surface area contributed by atoms with Gasteiger partial charge < -0.3 is 29.6 Å². The Kier molecular flexibility index (Phi) is 11.3. The van der Waals surface area contributed by atoms with Crippen molar-refractivity contribution in [2.45, 2.75) is 64.7 Å². The number of ketones is 2. The lowest BCUT2D eigenvalue weighted by atomic mass is 9.71. The number of carbonyl (C=O) groups excluding carboxylic acids is 2. The lowest BCUT2D eigenvalue weighted by molar-refractivity contribution is -0.133. The van der Waals surface area contributed by atoms with Crippen molar-refractivity contribution in [2.75, 3.05) is 28.4 Å². The number of methoxy groups -OCH3 is 4. The second kappa shape index (κ2) is 15.5. The van der Waals surface area contributed by atoms with Gasteiger partial charge in [0.1, 0.15) is 34.6 Å². The summed E-state index contributed by atoms with van der Waals surface area (Å²) >= 11 is 0. The van der Waals surface area contributed by atoms with Gasteiger partial charge in [0.05, 0.1) is 28.4 Å². The SMILES string of the molecule is COc1ccc([C@H]2N[C@@H](c3ccc(OC)cc3)CC(=O)C2(C)C)cc1.COc1ccc([C@H]2N[C@@H](c3ccc(OC)cc3)CC(=O)C2(C)C)cc1. The van der Waals surface area contributed by atoms with Gasteiger partial charge in [-0.15, -0.1) is 0 Å². The Labute approximate surface area is 296 Å². The average molecular weight is 679 g/mol. The van der Waals surface area contributed by atoms with Crippen LogP contribution in [0.25, 0.3) is 0 Å². The second-order valence-corrected chi connectivity index (χ2v) is 14.1. The van der Waals surface area contributed by atoms with Crippen LogP contribution in [0.2, 0.25) is 0 Å². The van der Waals surface area contributed by atoms with Crippen LogP contribution in [-0.2, 0) is 9.59 Å². The van der Waals surface area contributed by atoms with Gasteiger partial charge in [-0.05, 0) is 70.8 Å². The van der Waals surface area contributed by atoms with Crippen molar-refractivity contribution in [1.29, 1.82) is 0 Å². The molecule has 2 aliphatic heterocycles. The monoisotopic (exact) mass is 678 g/mol. The number of hydrogen-bond acceptors (Lipinski definition) is 8. The Bertz CT molecular complexity index is 1600. The third kappa shape index (κ3) is 7.87. The van der Waals surface area contributed by atoms with Crippen molar-refractivity contribution < 1.29 is 28.5 Å². The highest BCUT2D eigenvalue weighted by atomic mass is 16.5. The van der Waals surface area contributed by atoms with E-state index in [0.29, 0.717) is 12.8 Å². The number of piperidine rings is 2. The van der Waals surface area contributed by atoms with Crippen LogP contribution in [0.5, 0.6) is 23.0 Å². The Morgan fingerprint density at radius 2 is 0.680 bits per heavy atom. The first-order chi connectivity index (χ1) is 23.9. The third-order valence-electron chi connectivity index (χ3n) is 10.3. The number of ether oxygens (including phenoxy) is 4. The van der Waals surface area contributed by atoms with Gasteiger partial charge in [-0.1, -0.05) is 76.2 Å². The Balaban J connectivity index is 0.000000194. The molecule has 8 heteroatoms. The van der Waals surface area contributed by atoms with Crippen LogP contribution in [0.4, 0.5) is 0 Å². The summed E-state index contributed by atoms with van der Waals surface area (Å²) in [6.45, 7) is 8.06. The number of carbonyl (C=O) groups is 2. The molecule has 0 aliphatic carbocycles. The van der Waals surface area contributed by atoms with E-state index in [1.54, 1.807) is 28.4 Å². The van der Waals surface area contributed by atoms with Crippen LogP contribution in [0.1, 0.15) is 87.0 Å². The molecule has 2 heterocycles. The van der Waals surface area contributed by atoms with Crippen LogP contribution in [0.3, 0.4) is 0 Å². The first kappa shape index (κ1) is 36.6. The van der Waals surface area contributed by atoms with Crippen molar-refractivity contribution in [2.24, 2.45) is 10.8 Å². The van der Waals surface area contributed by atoms with Gasteiger partial charge >= 0.3 is 0 Å². The molecule has 4 atom stereocenters. The quantitative estimate of drug-likeness (QED) is 0.193. The zero-order valence-electron chi connectivity index (χ0n) is 30.4. The van der Waals surface area contributed by atoms with Gasteiger partial charge in [0.15, 0.2) is 0 Å². The molecule has 4 aromatic carbocycles. The van der Waals surface area contributed by atoms with E-state index in [0.717, 1.165) is 45.3 Å². The van der Waals surface area contributed by atoms with Crippen molar-refractivity contribution in [3.63, 3.8) is 0 Å².